The lowest BCUT2D eigenvalue weighted by atomic mass is 10.1. The molecule has 104 valence electrons. The second kappa shape index (κ2) is 6.93. The van der Waals surface area contributed by atoms with E-state index in [1.807, 2.05) is 6.92 Å². The summed E-state index contributed by atoms with van der Waals surface area (Å²) < 4.78 is 0. The normalized spacial score (nSPS) is 12.0. The predicted molar refractivity (Wildman–Crippen MR) is 73.1 cm³/mol. The molecule has 0 saturated heterocycles. The summed E-state index contributed by atoms with van der Waals surface area (Å²) in [5, 5.41) is 11.3. The van der Waals surface area contributed by atoms with Crippen LogP contribution in [-0.2, 0) is 4.79 Å². The van der Waals surface area contributed by atoms with Crippen molar-refractivity contribution in [3.63, 3.8) is 0 Å². The van der Waals surface area contributed by atoms with Gasteiger partial charge in [-0.05, 0) is 6.42 Å². The molecule has 0 aliphatic heterocycles. The molecule has 1 rings (SSSR count). The zero-order valence-corrected chi connectivity index (χ0v) is 12.2. The van der Waals surface area contributed by atoms with Gasteiger partial charge in [0.25, 0.3) is 5.91 Å². The van der Waals surface area contributed by atoms with Gasteiger partial charge in [0.05, 0.1) is 15.1 Å². The van der Waals surface area contributed by atoms with Gasteiger partial charge >= 0.3 is 5.97 Å². The lowest BCUT2D eigenvalue weighted by molar-refractivity contribution is -0.139. The number of nitrogens with zero attached hydrogens (tertiary/aromatic N) is 1. The Morgan fingerprint density at radius 3 is 2.53 bits per heavy atom. The number of hydrogen-bond donors (Lipinski definition) is 2. The van der Waals surface area contributed by atoms with Crippen LogP contribution in [-0.4, -0.2) is 28.0 Å². The zero-order valence-electron chi connectivity index (χ0n) is 9.91. The third-order valence-electron chi connectivity index (χ3n) is 2.31. The van der Waals surface area contributed by atoms with E-state index in [2.05, 4.69) is 10.3 Å². The summed E-state index contributed by atoms with van der Waals surface area (Å²) in [4.78, 5) is 26.6. The minimum Gasteiger partial charge on any atom is -0.480 e. The Hall–Kier alpha value is -1.04. The van der Waals surface area contributed by atoms with Crippen molar-refractivity contribution in [2.45, 2.75) is 25.8 Å². The highest BCUT2D eigenvalue weighted by Crippen LogP contribution is 2.31. The monoisotopic (exact) mass is 324 g/mol. The molecule has 0 spiro atoms. The maximum Gasteiger partial charge on any atom is 0.326 e. The van der Waals surface area contributed by atoms with Crippen LogP contribution in [0.25, 0.3) is 0 Å². The third kappa shape index (κ3) is 3.96. The zero-order chi connectivity index (χ0) is 14.6. The molecule has 8 heteroatoms. The lowest BCUT2D eigenvalue weighted by Crippen LogP contribution is -2.41. The van der Waals surface area contributed by atoms with E-state index < -0.39 is 17.9 Å². The first-order valence-electron chi connectivity index (χ1n) is 5.41. The van der Waals surface area contributed by atoms with Crippen molar-refractivity contribution < 1.29 is 14.7 Å². The minimum absolute atomic E-state index is 0.00542. The van der Waals surface area contributed by atoms with Gasteiger partial charge in [0, 0.05) is 6.20 Å². The molecule has 0 fully saturated rings. The smallest absolute Gasteiger partial charge is 0.326 e. The molecule has 1 heterocycles. The Labute approximate surface area is 124 Å². The van der Waals surface area contributed by atoms with E-state index in [0.717, 1.165) is 0 Å². The van der Waals surface area contributed by atoms with E-state index in [-0.39, 0.29) is 20.8 Å². The number of amides is 1. The topological polar surface area (TPSA) is 79.3 Å². The summed E-state index contributed by atoms with van der Waals surface area (Å²) in [6.45, 7) is 1.81. The number of hydrogen-bond acceptors (Lipinski definition) is 3. The molecule has 0 aromatic carbocycles. The Morgan fingerprint density at radius 2 is 2.00 bits per heavy atom. The van der Waals surface area contributed by atoms with Crippen LogP contribution in [0.15, 0.2) is 6.20 Å². The SMILES string of the molecule is CCCC(NC(=O)c1ncc(Cl)c(Cl)c1Cl)C(=O)O. The maximum atomic E-state index is 11.9. The average molecular weight is 326 g/mol. The van der Waals surface area contributed by atoms with E-state index in [0.29, 0.717) is 12.8 Å². The number of carboxylic acids is 1. The highest BCUT2D eigenvalue weighted by atomic mass is 35.5. The lowest BCUT2D eigenvalue weighted by Gasteiger charge is -2.14. The number of halogens is 3. The molecule has 1 aromatic heterocycles. The van der Waals surface area contributed by atoms with Crippen molar-refractivity contribution >= 4 is 46.7 Å². The van der Waals surface area contributed by atoms with Crippen LogP contribution in [0.2, 0.25) is 15.1 Å². The summed E-state index contributed by atoms with van der Waals surface area (Å²) in [7, 11) is 0. The molecule has 0 saturated carbocycles. The number of aliphatic carboxylic acids is 1. The van der Waals surface area contributed by atoms with Gasteiger partial charge in [-0.3, -0.25) is 4.79 Å². The highest BCUT2D eigenvalue weighted by Gasteiger charge is 2.23. The van der Waals surface area contributed by atoms with Crippen molar-refractivity contribution in [1.29, 1.82) is 0 Å². The number of carbonyl (C=O) groups is 2. The molecule has 1 amide bonds. The van der Waals surface area contributed by atoms with E-state index in [4.69, 9.17) is 39.9 Å². The third-order valence-corrected chi connectivity index (χ3v) is 3.55. The van der Waals surface area contributed by atoms with Gasteiger partial charge in [-0.15, -0.1) is 0 Å². The number of rotatable bonds is 5. The summed E-state index contributed by atoms with van der Waals surface area (Å²) >= 11 is 17.3. The molecule has 1 atom stereocenters. The van der Waals surface area contributed by atoms with E-state index >= 15 is 0 Å². The maximum absolute atomic E-state index is 11.9. The Morgan fingerprint density at radius 1 is 1.37 bits per heavy atom. The van der Waals surface area contributed by atoms with Crippen LogP contribution in [0.5, 0.6) is 0 Å². The molecular formula is C11H11Cl3N2O3. The van der Waals surface area contributed by atoms with Crippen molar-refractivity contribution in [3.8, 4) is 0 Å². The molecule has 1 unspecified atom stereocenters. The van der Waals surface area contributed by atoms with Crippen LogP contribution in [0.1, 0.15) is 30.3 Å². The molecule has 0 radical (unpaired) electrons. The fourth-order valence-electron chi connectivity index (χ4n) is 1.37. The van der Waals surface area contributed by atoms with Crippen molar-refractivity contribution in [3.05, 3.63) is 27.0 Å². The van der Waals surface area contributed by atoms with Crippen LogP contribution in [0.4, 0.5) is 0 Å². The molecule has 0 bridgehead atoms. The fourth-order valence-corrected chi connectivity index (χ4v) is 1.94. The first-order chi connectivity index (χ1) is 8.88. The van der Waals surface area contributed by atoms with Gasteiger partial charge in [0.2, 0.25) is 0 Å². The first kappa shape index (κ1) is 16.0. The van der Waals surface area contributed by atoms with Crippen molar-refractivity contribution in [2.75, 3.05) is 0 Å². The molecule has 19 heavy (non-hydrogen) atoms. The average Bonchev–Trinajstić information content (AvgIpc) is 2.35. The van der Waals surface area contributed by atoms with E-state index in [1.165, 1.54) is 6.20 Å². The summed E-state index contributed by atoms with van der Waals surface area (Å²) in [5.74, 6) is -1.82. The largest absolute Gasteiger partial charge is 0.480 e. The van der Waals surface area contributed by atoms with E-state index in [9.17, 15) is 9.59 Å². The van der Waals surface area contributed by atoms with Gasteiger partial charge in [0.15, 0.2) is 0 Å². The van der Waals surface area contributed by atoms with E-state index in [1.54, 1.807) is 0 Å². The van der Waals surface area contributed by atoms with Gasteiger partial charge < -0.3 is 10.4 Å². The fraction of sp³-hybridized carbons (Fsp3) is 0.364. The quantitative estimate of drug-likeness (QED) is 0.872. The standard InChI is InChI=1S/C11H11Cl3N2O3/c1-2-3-6(11(18)19)16-10(17)9-8(14)7(13)5(12)4-15-9/h4,6H,2-3H2,1H3,(H,16,17)(H,18,19). The Kier molecular flexibility index (Phi) is 5.85. The molecule has 2 N–H and O–H groups in total. The number of pyridine rings is 1. The molecular weight excluding hydrogens is 314 g/mol. The van der Waals surface area contributed by atoms with Gasteiger partial charge in [-0.25, -0.2) is 9.78 Å². The van der Waals surface area contributed by atoms with Crippen LogP contribution in [0.3, 0.4) is 0 Å². The summed E-state index contributed by atoms with van der Waals surface area (Å²) in [5.41, 5.74) is -0.154. The molecule has 5 nitrogen and oxygen atoms in total. The van der Waals surface area contributed by atoms with Crippen LogP contribution >= 0.6 is 34.8 Å². The summed E-state index contributed by atoms with van der Waals surface area (Å²) in [6.07, 6.45) is 2.10. The number of carboxylic acid groups (broad SMARTS) is 1. The number of aromatic nitrogens is 1. The van der Waals surface area contributed by atoms with Gasteiger partial charge in [0.1, 0.15) is 11.7 Å². The Bertz CT molecular complexity index is 508. The van der Waals surface area contributed by atoms with Gasteiger partial charge in [-0.2, -0.15) is 0 Å². The molecule has 0 aliphatic rings. The molecule has 1 aromatic rings. The minimum atomic E-state index is -1.12. The summed E-state index contributed by atoms with van der Waals surface area (Å²) in [6, 6.07) is -0.996. The van der Waals surface area contributed by atoms with Gasteiger partial charge in [-0.1, -0.05) is 48.1 Å². The second-order valence-corrected chi connectivity index (χ2v) is 4.90. The predicted octanol–water partition coefficient (Wildman–Crippen LogP) is 3.02. The Balaban J connectivity index is 2.95. The van der Waals surface area contributed by atoms with Crippen LogP contribution < -0.4 is 5.32 Å². The molecule has 0 aliphatic carbocycles. The number of nitrogens with one attached hydrogen (secondary N) is 1. The first-order valence-corrected chi connectivity index (χ1v) is 6.55. The van der Waals surface area contributed by atoms with Crippen LogP contribution in [0, 0.1) is 0 Å². The second-order valence-electron chi connectivity index (χ2n) is 3.74. The highest BCUT2D eigenvalue weighted by molar-refractivity contribution is 6.48. The van der Waals surface area contributed by atoms with Crippen molar-refractivity contribution in [2.24, 2.45) is 0 Å². The number of carbonyl (C=O) groups excluding carboxylic acids is 1. The van der Waals surface area contributed by atoms with Crippen molar-refractivity contribution in [1.82, 2.24) is 10.3 Å².